The molecule has 124 valence electrons. The molecule has 6 heteroatoms. The van der Waals surface area contributed by atoms with Crippen molar-refractivity contribution < 1.29 is 4.79 Å². The van der Waals surface area contributed by atoms with Gasteiger partial charge in [0.15, 0.2) is 5.13 Å². The van der Waals surface area contributed by atoms with Crippen LogP contribution in [0.5, 0.6) is 0 Å². The molecule has 2 aromatic heterocycles. The quantitative estimate of drug-likeness (QED) is 0.524. The first-order valence-electron chi connectivity index (χ1n) is 7.84. The number of anilines is 1. The lowest BCUT2D eigenvalue weighted by molar-refractivity contribution is -0.113. The molecular weight excluding hydrogens is 350 g/mol. The smallest absolute Gasteiger partial charge is 0.236 e. The van der Waals surface area contributed by atoms with Crippen molar-refractivity contribution in [2.75, 3.05) is 11.1 Å². The largest absolute Gasteiger partial charge is 0.301 e. The summed E-state index contributed by atoms with van der Waals surface area (Å²) in [5.41, 5.74) is 2.93. The van der Waals surface area contributed by atoms with E-state index in [9.17, 15) is 4.79 Å². The van der Waals surface area contributed by atoms with Crippen LogP contribution in [0.4, 0.5) is 5.13 Å². The molecule has 0 aliphatic carbocycles. The Bertz CT molecular complexity index is 1040. The maximum atomic E-state index is 12.2. The number of thioether (sulfide) groups is 1. The van der Waals surface area contributed by atoms with Gasteiger partial charge in [0.25, 0.3) is 0 Å². The number of nitrogens with one attached hydrogen (secondary N) is 1. The number of benzene rings is 2. The van der Waals surface area contributed by atoms with Gasteiger partial charge in [-0.05, 0) is 36.8 Å². The predicted octanol–water partition coefficient (Wildman–Crippen LogP) is 4.88. The summed E-state index contributed by atoms with van der Waals surface area (Å²) in [5, 5.41) is 5.51. The van der Waals surface area contributed by atoms with E-state index < -0.39 is 0 Å². The Morgan fingerprint density at radius 1 is 1.08 bits per heavy atom. The number of nitrogens with zero attached hydrogens (tertiary/aromatic N) is 2. The van der Waals surface area contributed by atoms with Crippen molar-refractivity contribution in [3.8, 4) is 0 Å². The van der Waals surface area contributed by atoms with Crippen LogP contribution in [0.1, 0.15) is 5.56 Å². The first kappa shape index (κ1) is 16.1. The molecule has 0 atom stereocenters. The van der Waals surface area contributed by atoms with Gasteiger partial charge in [0, 0.05) is 5.39 Å². The number of carbonyl (C=O) groups excluding carboxylic acids is 1. The van der Waals surface area contributed by atoms with Gasteiger partial charge < -0.3 is 5.32 Å². The van der Waals surface area contributed by atoms with E-state index in [1.165, 1.54) is 23.1 Å². The fourth-order valence-electron chi connectivity index (χ4n) is 2.57. The lowest BCUT2D eigenvalue weighted by Gasteiger charge is -2.06. The van der Waals surface area contributed by atoms with Gasteiger partial charge in [0.05, 0.1) is 21.5 Å². The number of rotatable bonds is 4. The number of amides is 1. The lowest BCUT2D eigenvalue weighted by Crippen LogP contribution is -2.14. The summed E-state index contributed by atoms with van der Waals surface area (Å²) < 4.78 is 1.07. The molecule has 4 nitrogen and oxygen atoms in total. The molecule has 0 radical (unpaired) electrons. The third-order valence-electron chi connectivity index (χ3n) is 3.75. The van der Waals surface area contributed by atoms with Crippen molar-refractivity contribution in [3.63, 3.8) is 0 Å². The molecule has 0 bridgehead atoms. The highest BCUT2D eigenvalue weighted by Gasteiger charge is 2.10. The van der Waals surface area contributed by atoms with Gasteiger partial charge >= 0.3 is 0 Å². The minimum absolute atomic E-state index is 0.0709. The Labute approximate surface area is 153 Å². The second-order valence-corrected chi connectivity index (χ2v) is 7.62. The Kier molecular flexibility index (Phi) is 4.38. The van der Waals surface area contributed by atoms with Crippen molar-refractivity contribution >= 4 is 55.3 Å². The van der Waals surface area contributed by atoms with Crippen LogP contribution >= 0.6 is 23.1 Å². The molecule has 4 aromatic rings. The molecule has 0 saturated heterocycles. The molecule has 0 unspecified atom stereocenters. The monoisotopic (exact) mass is 365 g/mol. The second kappa shape index (κ2) is 6.82. The van der Waals surface area contributed by atoms with Gasteiger partial charge in [0.2, 0.25) is 5.91 Å². The van der Waals surface area contributed by atoms with Gasteiger partial charge in [-0.2, -0.15) is 0 Å². The molecule has 2 aromatic carbocycles. The van der Waals surface area contributed by atoms with E-state index in [1.807, 2.05) is 55.5 Å². The van der Waals surface area contributed by atoms with E-state index in [4.69, 9.17) is 0 Å². The second-order valence-electron chi connectivity index (χ2n) is 5.63. The Hall–Kier alpha value is -2.44. The lowest BCUT2D eigenvalue weighted by atomic mass is 10.2. The van der Waals surface area contributed by atoms with Gasteiger partial charge in [-0.25, -0.2) is 9.97 Å². The Balaban J connectivity index is 1.45. The highest BCUT2D eigenvalue weighted by molar-refractivity contribution is 8.00. The Morgan fingerprint density at radius 2 is 1.84 bits per heavy atom. The van der Waals surface area contributed by atoms with Crippen molar-refractivity contribution in [1.29, 1.82) is 0 Å². The molecule has 1 amide bonds. The van der Waals surface area contributed by atoms with Crippen LogP contribution in [0.2, 0.25) is 0 Å². The number of pyridine rings is 1. The zero-order valence-electron chi connectivity index (χ0n) is 13.5. The summed E-state index contributed by atoms with van der Waals surface area (Å²) in [6.45, 7) is 2.02. The molecule has 1 N–H and O–H groups in total. The third-order valence-corrected chi connectivity index (χ3v) is 5.79. The van der Waals surface area contributed by atoms with Crippen LogP contribution in [0.25, 0.3) is 21.1 Å². The fourth-order valence-corrected chi connectivity index (χ4v) is 4.24. The molecule has 4 rings (SSSR count). The topological polar surface area (TPSA) is 54.9 Å². The summed E-state index contributed by atoms with van der Waals surface area (Å²) in [7, 11) is 0. The van der Waals surface area contributed by atoms with Crippen molar-refractivity contribution in [3.05, 3.63) is 60.2 Å². The molecule has 0 spiro atoms. The fraction of sp³-hybridized carbons (Fsp3) is 0.105. The van der Waals surface area contributed by atoms with Crippen molar-refractivity contribution in [2.45, 2.75) is 11.9 Å². The molecular formula is C19H15N3OS2. The standard InChI is InChI=1S/C19H15N3OS2/c1-12-10-13-6-2-3-7-14(13)20-18(12)24-11-17(23)22-19-21-15-8-4-5-9-16(15)25-19/h2-10H,11H2,1H3,(H,21,22,23). The van der Waals surface area contributed by atoms with Crippen LogP contribution in [-0.4, -0.2) is 21.6 Å². The van der Waals surface area contributed by atoms with Crippen LogP contribution in [-0.2, 0) is 4.79 Å². The highest BCUT2D eigenvalue weighted by atomic mass is 32.2. The number of fused-ring (bicyclic) bond motifs is 2. The van der Waals surface area contributed by atoms with Crippen LogP contribution in [0.15, 0.2) is 59.6 Å². The third kappa shape index (κ3) is 3.50. The maximum Gasteiger partial charge on any atom is 0.236 e. The summed E-state index contributed by atoms with van der Waals surface area (Å²) in [5.74, 6) is 0.237. The molecule has 0 aliphatic heterocycles. The molecule has 2 heterocycles. The number of carbonyl (C=O) groups is 1. The van der Waals surface area contributed by atoms with E-state index >= 15 is 0 Å². The van der Waals surface area contributed by atoms with Crippen LogP contribution < -0.4 is 5.32 Å². The van der Waals surface area contributed by atoms with Crippen molar-refractivity contribution in [1.82, 2.24) is 9.97 Å². The zero-order chi connectivity index (χ0) is 17.2. The molecule has 25 heavy (non-hydrogen) atoms. The summed E-state index contributed by atoms with van der Waals surface area (Å²) in [6.07, 6.45) is 0. The van der Waals surface area contributed by atoms with Gasteiger partial charge in [-0.15, -0.1) is 0 Å². The number of thiazole rings is 1. The minimum Gasteiger partial charge on any atom is -0.301 e. The first-order chi connectivity index (χ1) is 12.2. The van der Waals surface area contributed by atoms with E-state index in [2.05, 4.69) is 21.4 Å². The average molecular weight is 365 g/mol. The summed E-state index contributed by atoms with van der Waals surface area (Å²) in [4.78, 5) is 21.3. The predicted molar refractivity (Wildman–Crippen MR) is 105 cm³/mol. The number of aryl methyl sites for hydroxylation is 1. The van der Waals surface area contributed by atoms with Crippen molar-refractivity contribution in [2.24, 2.45) is 0 Å². The highest BCUT2D eigenvalue weighted by Crippen LogP contribution is 2.27. The first-order valence-corrected chi connectivity index (χ1v) is 9.64. The number of para-hydroxylation sites is 2. The maximum absolute atomic E-state index is 12.2. The summed E-state index contributed by atoms with van der Waals surface area (Å²) in [6, 6.07) is 18.0. The van der Waals surface area contributed by atoms with Gasteiger partial charge in [-0.1, -0.05) is 53.4 Å². The SMILES string of the molecule is Cc1cc2ccccc2nc1SCC(=O)Nc1nc2ccccc2s1. The van der Waals surface area contributed by atoms with E-state index in [0.29, 0.717) is 10.9 Å². The molecule has 0 saturated carbocycles. The number of hydrogen-bond acceptors (Lipinski definition) is 5. The average Bonchev–Trinajstić information content (AvgIpc) is 3.02. The Morgan fingerprint density at radius 3 is 2.68 bits per heavy atom. The van der Waals surface area contributed by atoms with Crippen LogP contribution in [0, 0.1) is 6.92 Å². The number of hydrogen-bond donors (Lipinski definition) is 1. The van der Waals surface area contributed by atoms with Crippen LogP contribution in [0.3, 0.4) is 0 Å². The minimum atomic E-state index is -0.0709. The molecule has 0 fully saturated rings. The van der Waals surface area contributed by atoms with Gasteiger partial charge in [-0.3, -0.25) is 4.79 Å². The zero-order valence-corrected chi connectivity index (χ0v) is 15.2. The summed E-state index contributed by atoms with van der Waals surface area (Å²) >= 11 is 2.93. The van der Waals surface area contributed by atoms with E-state index in [-0.39, 0.29) is 5.91 Å². The van der Waals surface area contributed by atoms with E-state index in [0.717, 1.165) is 31.7 Å². The number of aromatic nitrogens is 2. The molecule has 0 aliphatic rings. The van der Waals surface area contributed by atoms with E-state index in [1.54, 1.807) is 0 Å². The normalized spacial score (nSPS) is 11.1. The van der Waals surface area contributed by atoms with Gasteiger partial charge in [0.1, 0.15) is 5.03 Å².